The summed E-state index contributed by atoms with van der Waals surface area (Å²) in [7, 11) is 1.69. The van der Waals surface area contributed by atoms with Crippen molar-refractivity contribution in [2.24, 2.45) is 0 Å². The summed E-state index contributed by atoms with van der Waals surface area (Å²) in [6.07, 6.45) is 2.46. The number of anilines is 3. The van der Waals surface area contributed by atoms with E-state index in [0.717, 1.165) is 17.7 Å². The topological polar surface area (TPSA) is 73.1 Å². The van der Waals surface area contributed by atoms with Gasteiger partial charge in [-0.3, -0.25) is 0 Å². The minimum atomic E-state index is 0.446. The standard InChI is InChI=1S/C13H16N4O/c1-18-9-7-10-4-2-3-5-11(10)16-13-15-8-6-12(14)17-13/h2-6,8H,7,9H2,1H3,(H3,14,15,16,17). The first-order chi connectivity index (χ1) is 8.79. The van der Waals surface area contributed by atoms with E-state index in [1.54, 1.807) is 19.4 Å². The molecule has 2 rings (SSSR count). The fourth-order valence-electron chi connectivity index (χ4n) is 1.63. The van der Waals surface area contributed by atoms with E-state index in [-0.39, 0.29) is 0 Å². The highest BCUT2D eigenvalue weighted by Gasteiger charge is 2.03. The highest BCUT2D eigenvalue weighted by Crippen LogP contribution is 2.19. The van der Waals surface area contributed by atoms with Crippen LogP contribution in [-0.4, -0.2) is 23.7 Å². The molecule has 0 aliphatic heterocycles. The number of aromatic nitrogens is 2. The lowest BCUT2D eigenvalue weighted by atomic mass is 10.1. The van der Waals surface area contributed by atoms with Crippen LogP contribution in [0.2, 0.25) is 0 Å². The molecule has 1 aromatic heterocycles. The Hall–Kier alpha value is -2.14. The normalized spacial score (nSPS) is 10.3. The van der Waals surface area contributed by atoms with Gasteiger partial charge in [0, 0.05) is 19.0 Å². The van der Waals surface area contributed by atoms with Gasteiger partial charge in [0.05, 0.1) is 6.61 Å². The molecule has 0 bridgehead atoms. The first-order valence-electron chi connectivity index (χ1n) is 5.72. The summed E-state index contributed by atoms with van der Waals surface area (Å²) in [5.41, 5.74) is 7.75. The van der Waals surface area contributed by atoms with Gasteiger partial charge in [0.25, 0.3) is 0 Å². The number of nitrogen functional groups attached to an aromatic ring is 1. The van der Waals surface area contributed by atoms with Crippen LogP contribution in [0.25, 0.3) is 0 Å². The minimum absolute atomic E-state index is 0.446. The number of hydrogen-bond acceptors (Lipinski definition) is 5. The number of nitrogens with two attached hydrogens (primary N) is 1. The summed E-state index contributed by atoms with van der Waals surface area (Å²) in [5.74, 6) is 0.946. The second-order valence-electron chi connectivity index (χ2n) is 3.83. The molecule has 0 amide bonds. The predicted molar refractivity (Wildman–Crippen MR) is 71.7 cm³/mol. The van der Waals surface area contributed by atoms with Gasteiger partial charge in [-0.25, -0.2) is 4.98 Å². The Bertz CT molecular complexity index is 516. The van der Waals surface area contributed by atoms with Crippen LogP contribution in [-0.2, 0) is 11.2 Å². The second kappa shape index (κ2) is 5.97. The van der Waals surface area contributed by atoms with E-state index in [1.165, 1.54) is 0 Å². The average Bonchev–Trinajstić information content (AvgIpc) is 2.38. The molecule has 1 aromatic carbocycles. The lowest BCUT2D eigenvalue weighted by molar-refractivity contribution is 0.202. The molecule has 2 aromatic rings. The van der Waals surface area contributed by atoms with Crippen LogP contribution in [0.15, 0.2) is 36.5 Å². The van der Waals surface area contributed by atoms with Crippen LogP contribution in [0.5, 0.6) is 0 Å². The monoisotopic (exact) mass is 244 g/mol. The molecule has 5 heteroatoms. The Morgan fingerprint density at radius 2 is 2.11 bits per heavy atom. The fourth-order valence-corrected chi connectivity index (χ4v) is 1.63. The Morgan fingerprint density at radius 3 is 2.89 bits per heavy atom. The zero-order chi connectivity index (χ0) is 12.8. The maximum Gasteiger partial charge on any atom is 0.229 e. The van der Waals surface area contributed by atoms with Crippen LogP contribution in [0.3, 0.4) is 0 Å². The number of ether oxygens (including phenoxy) is 1. The van der Waals surface area contributed by atoms with Crippen molar-refractivity contribution in [3.8, 4) is 0 Å². The number of para-hydroxylation sites is 1. The molecule has 0 radical (unpaired) electrons. The van der Waals surface area contributed by atoms with Crippen molar-refractivity contribution in [1.82, 2.24) is 9.97 Å². The predicted octanol–water partition coefficient (Wildman–Crippen LogP) is 1.99. The Morgan fingerprint density at radius 1 is 1.28 bits per heavy atom. The summed E-state index contributed by atoms with van der Waals surface area (Å²) in [4.78, 5) is 8.24. The van der Waals surface area contributed by atoms with E-state index < -0.39 is 0 Å². The van der Waals surface area contributed by atoms with Crippen LogP contribution in [0.1, 0.15) is 5.56 Å². The molecule has 0 unspecified atom stereocenters. The summed E-state index contributed by atoms with van der Waals surface area (Å²) < 4.78 is 5.09. The third kappa shape index (κ3) is 3.18. The molecule has 1 heterocycles. The molecule has 0 saturated heterocycles. The molecule has 0 aliphatic rings. The third-order valence-corrected chi connectivity index (χ3v) is 2.52. The molecule has 0 saturated carbocycles. The number of hydrogen-bond donors (Lipinski definition) is 2. The minimum Gasteiger partial charge on any atom is -0.384 e. The summed E-state index contributed by atoms with van der Waals surface area (Å²) in [6.45, 7) is 0.677. The van der Waals surface area contributed by atoms with E-state index >= 15 is 0 Å². The van der Waals surface area contributed by atoms with Crippen molar-refractivity contribution in [2.45, 2.75) is 6.42 Å². The van der Waals surface area contributed by atoms with E-state index in [1.807, 2.05) is 24.3 Å². The lowest BCUT2D eigenvalue weighted by Crippen LogP contribution is -2.03. The molecule has 0 aliphatic carbocycles. The van der Waals surface area contributed by atoms with Gasteiger partial charge in [0.15, 0.2) is 0 Å². The first-order valence-corrected chi connectivity index (χ1v) is 5.72. The highest BCUT2D eigenvalue weighted by molar-refractivity contribution is 5.59. The van der Waals surface area contributed by atoms with E-state index in [4.69, 9.17) is 10.5 Å². The number of nitrogens with zero attached hydrogens (tertiary/aromatic N) is 2. The average molecular weight is 244 g/mol. The second-order valence-corrected chi connectivity index (χ2v) is 3.83. The van der Waals surface area contributed by atoms with E-state index in [2.05, 4.69) is 15.3 Å². The maximum absolute atomic E-state index is 5.62. The van der Waals surface area contributed by atoms with Crippen LogP contribution in [0.4, 0.5) is 17.5 Å². The SMILES string of the molecule is COCCc1ccccc1Nc1nccc(N)n1. The molecule has 18 heavy (non-hydrogen) atoms. The molecule has 0 atom stereocenters. The van der Waals surface area contributed by atoms with Gasteiger partial charge < -0.3 is 15.8 Å². The van der Waals surface area contributed by atoms with E-state index in [0.29, 0.717) is 18.4 Å². The lowest BCUT2D eigenvalue weighted by Gasteiger charge is -2.10. The van der Waals surface area contributed by atoms with Gasteiger partial charge in [-0.1, -0.05) is 18.2 Å². The van der Waals surface area contributed by atoms with Crippen LogP contribution < -0.4 is 11.1 Å². The Kier molecular flexibility index (Phi) is 4.09. The number of methoxy groups -OCH3 is 1. The molecular formula is C13H16N4O. The molecule has 94 valence electrons. The van der Waals surface area contributed by atoms with Crippen LogP contribution >= 0.6 is 0 Å². The molecule has 5 nitrogen and oxygen atoms in total. The molecular weight excluding hydrogens is 228 g/mol. The van der Waals surface area contributed by atoms with Crippen molar-refractivity contribution < 1.29 is 4.74 Å². The van der Waals surface area contributed by atoms with Crippen LogP contribution in [0, 0.1) is 0 Å². The summed E-state index contributed by atoms with van der Waals surface area (Å²) in [6, 6.07) is 9.65. The van der Waals surface area contributed by atoms with Gasteiger partial charge >= 0.3 is 0 Å². The largest absolute Gasteiger partial charge is 0.384 e. The third-order valence-electron chi connectivity index (χ3n) is 2.52. The summed E-state index contributed by atoms with van der Waals surface area (Å²) >= 11 is 0. The number of benzene rings is 1. The maximum atomic E-state index is 5.62. The Balaban J connectivity index is 2.17. The van der Waals surface area contributed by atoms with Gasteiger partial charge in [-0.2, -0.15) is 4.98 Å². The van der Waals surface area contributed by atoms with E-state index in [9.17, 15) is 0 Å². The molecule has 3 N–H and O–H groups in total. The van der Waals surface area contributed by atoms with Crippen molar-refractivity contribution in [3.05, 3.63) is 42.1 Å². The Labute approximate surface area is 106 Å². The van der Waals surface area contributed by atoms with Gasteiger partial charge in [-0.15, -0.1) is 0 Å². The molecule has 0 spiro atoms. The summed E-state index contributed by atoms with van der Waals surface area (Å²) in [5, 5.41) is 3.16. The van der Waals surface area contributed by atoms with Gasteiger partial charge in [0.2, 0.25) is 5.95 Å². The number of rotatable bonds is 5. The zero-order valence-corrected chi connectivity index (χ0v) is 10.3. The van der Waals surface area contributed by atoms with Crippen molar-refractivity contribution >= 4 is 17.5 Å². The van der Waals surface area contributed by atoms with Crippen molar-refractivity contribution in [2.75, 3.05) is 24.8 Å². The fraction of sp³-hybridized carbons (Fsp3) is 0.231. The number of nitrogens with one attached hydrogen (secondary N) is 1. The van der Waals surface area contributed by atoms with Crippen molar-refractivity contribution in [1.29, 1.82) is 0 Å². The quantitative estimate of drug-likeness (QED) is 0.841. The molecule has 0 fully saturated rings. The zero-order valence-electron chi connectivity index (χ0n) is 10.3. The van der Waals surface area contributed by atoms with Gasteiger partial charge in [0.1, 0.15) is 5.82 Å². The first kappa shape index (κ1) is 12.3. The smallest absolute Gasteiger partial charge is 0.229 e. The van der Waals surface area contributed by atoms with Gasteiger partial charge in [-0.05, 0) is 24.1 Å². The van der Waals surface area contributed by atoms with Crippen molar-refractivity contribution in [3.63, 3.8) is 0 Å². The highest BCUT2D eigenvalue weighted by atomic mass is 16.5.